The standard InChI is InChI=1S/C33H22N2O5/c36-30(21-10-2-1-3-11-21)29-28(22-12-8-13-23(19-22)35(39)40)33(31(37)24-14-5-6-15-25(24)32(33)38)27-18-17-20-9-4-7-16-26(20)34(27)29/h1-19,27-29H/t27-,28+,29+/m1/s1. The van der Waals surface area contributed by atoms with E-state index in [1.54, 1.807) is 60.7 Å². The lowest BCUT2D eigenvalue weighted by Gasteiger charge is -2.37. The first-order chi connectivity index (χ1) is 19.4. The number of ketones is 3. The van der Waals surface area contributed by atoms with Gasteiger partial charge in [-0.2, -0.15) is 0 Å². The number of benzene rings is 4. The highest BCUT2D eigenvalue weighted by Gasteiger charge is 2.71. The van der Waals surface area contributed by atoms with Gasteiger partial charge in [-0.3, -0.25) is 24.5 Å². The normalized spacial score (nSPS) is 21.7. The number of fused-ring (bicyclic) bond motifs is 5. The molecule has 3 atom stereocenters. The zero-order chi connectivity index (χ0) is 27.6. The Kier molecular flexibility index (Phi) is 5.19. The summed E-state index contributed by atoms with van der Waals surface area (Å²) in [5.41, 5.74) is 1.17. The lowest BCUT2D eigenvalue weighted by atomic mass is 9.64. The summed E-state index contributed by atoms with van der Waals surface area (Å²) in [6.07, 6.45) is 3.73. The first-order valence-electron chi connectivity index (χ1n) is 13.0. The Morgan fingerprint density at radius 2 is 1.45 bits per heavy atom. The van der Waals surface area contributed by atoms with Crippen LogP contribution in [-0.4, -0.2) is 34.4 Å². The van der Waals surface area contributed by atoms with Crippen LogP contribution in [-0.2, 0) is 0 Å². The SMILES string of the molecule is O=C(c1ccccc1)[C@@H]1[C@H](c2cccc([N+](=O)[O-])c2)C2(C(=O)c3ccccc3C2=O)[C@H]2C=Cc3ccccc3N12. The maximum Gasteiger partial charge on any atom is 0.269 e. The number of nitrogens with zero attached hydrogens (tertiary/aromatic N) is 2. The molecule has 2 heterocycles. The number of rotatable bonds is 4. The molecule has 0 N–H and O–H groups in total. The number of para-hydroxylation sites is 1. The van der Waals surface area contributed by atoms with Gasteiger partial charge in [-0.05, 0) is 17.2 Å². The van der Waals surface area contributed by atoms with E-state index in [0.29, 0.717) is 22.3 Å². The van der Waals surface area contributed by atoms with Gasteiger partial charge in [0.2, 0.25) is 0 Å². The van der Waals surface area contributed by atoms with Crippen molar-refractivity contribution in [2.45, 2.75) is 18.0 Å². The minimum absolute atomic E-state index is 0.171. The van der Waals surface area contributed by atoms with E-state index in [1.165, 1.54) is 12.1 Å². The Balaban J connectivity index is 1.56. The molecule has 0 bridgehead atoms. The fourth-order valence-electron chi connectivity index (χ4n) is 6.90. The lowest BCUT2D eigenvalue weighted by molar-refractivity contribution is -0.384. The maximum absolute atomic E-state index is 14.6. The van der Waals surface area contributed by atoms with Crippen LogP contribution in [0.25, 0.3) is 6.08 Å². The van der Waals surface area contributed by atoms with Gasteiger partial charge in [0.15, 0.2) is 17.3 Å². The van der Waals surface area contributed by atoms with Gasteiger partial charge >= 0.3 is 0 Å². The fourth-order valence-corrected chi connectivity index (χ4v) is 6.90. The van der Waals surface area contributed by atoms with E-state index >= 15 is 0 Å². The molecule has 7 rings (SSSR count). The van der Waals surface area contributed by atoms with Crippen LogP contribution in [0, 0.1) is 15.5 Å². The summed E-state index contributed by atoms with van der Waals surface area (Å²) in [5.74, 6) is -1.99. The van der Waals surface area contributed by atoms with Gasteiger partial charge in [0, 0.05) is 40.4 Å². The van der Waals surface area contributed by atoms with Crippen LogP contribution < -0.4 is 4.90 Å². The largest absolute Gasteiger partial charge is 0.352 e. The van der Waals surface area contributed by atoms with Crippen molar-refractivity contribution in [1.82, 2.24) is 0 Å². The summed E-state index contributed by atoms with van der Waals surface area (Å²) in [6, 6.07) is 27.3. The van der Waals surface area contributed by atoms with Crippen LogP contribution in [0.1, 0.15) is 48.1 Å². The zero-order valence-corrected chi connectivity index (χ0v) is 21.1. The third-order valence-corrected chi connectivity index (χ3v) is 8.48. The average molecular weight is 527 g/mol. The van der Waals surface area contributed by atoms with Crippen LogP contribution in [0.2, 0.25) is 0 Å². The van der Waals surface area contributed by atoms with Crippen molar-refractivity contribution < 1.29 is 19.3 Å². The van der Waals surface area contributed by atoms with Crippen molar-refractivity contribution in [2.75, 3.05) is 4.90 Å². The minimum atomic E-state index is -1.70. The fraction of sp³-hybridized carbons (Fsp3) is 0.121. The molecule has 1 aliphatic carbocycles. The van der Waals surface area contributed by atoms with Crippen LogP contribution in [0.4, 0.5) is 11.4 Å². The van der Waals surface area contributed by atoms with Crippen molar-refractivity contribution in [1.29, 1.82) is 0 Å². The second-order valence-electron chi connectivity index (χ2n) is 10.3. The number of anilines is 1. The Labute approximate surface area is 229 Å². The Morgan fingerprint density at radius 3 is 2.15 bits per heavy atom. The number of carbonyl (C=O) groups excluding carboxylic acids is 3. The van der Waals surface area contributed by atoms with Gasteiger partial charge in [0.05, 0.1) is 11.0 Å². The molecule has 0 saturated carbocycles. The van der Waals surface area contributed by atoms with Crippen LogP contribution in [0.15, 0.2) is 109 Å². The van der Waals surface area contributed by atoms with E-state index in [-0.39, 0.29) is 23.0 Å². The van der Waals surface area contributed by atoms with E-state index in [4.69, 9.17) is 0 Å². The van der Waals surface area contributed by atoms with Gasteiger partial charge < -0.3 is 4.90 Å². The molecule has 3 aliphatic rings. The molecule has 7 nitrogen and oxygen atoms in total. The van der Waals surface area contributed by atoms with Gasteiger partial charge in [-0.25, -0.2) is 0 Å². The zero-order valence-electron chi connectivity index (χ0n) is 21.1. The molecular weight excluding hydrogens is 504 g/mol. The Hall–Kier alpha value is -5.17. The monoisotopic (exact) mass is 526 g/mol. The van der Waals surface area contributed by atoms with Gasteiger partial charge in [-0.15, -0.1) is 0 Å². The predicted octanol–water partition coefficient (Wildman–Crippen LogP) is 5.91. The second kappa shape index (κ2) is 8.68. The number of nitro groups is 1. The summed E-state index contributed by atoms with van der Waals surface area (Å²) in [4.78, 5) is 56.9. The summed E-state index contributed by atoms with van der Waals surface area (Å²) in [5, 5.41) is 11.8. The predicted molar refractivity (Wildman–Crippen MR) is 150 cm³/mol. The number of nitro benzene ring substituents is 1. The molecule has 2 aliphatic heterocycles. The number of carbonyl (C=O) groups is 3. The third-order valence-electron chi connectivity index (χ3n) is 8.48. The molecule has 0 radical (unpaired) electrons. The minimum Gasteiger partial charge on any atom is -0.352 e. The summed E-state index contributed by atoms with van der Waals surface area (Å²) in [6.45, 7) is 0. The summed E-state index contributed by atoms with van der Waals surface area (Å²) >= 11 is 0. The topological polar surface area (TPSA) is 97.6 Å². The second-order valence-corrected chi connectivity index (χ2v) is 10.3. The molecule has 1 fully saturated rings. The van der Waals surface area contributed by atoms with Crippen molar-refractivity contribution in [2.24, 2.45) is 5.41 Å². The van der Waals surface area contributed by atoms with Crippen LogP contribution in [0.3, 0.4) is 0 Å². The van der Waals surface area contributed by atoms with Gasteiger partial charge in [0.25, 0.3) is 5.69 Å². The molecule has 0 amide bonds. The Bertz CT molecular complexity index is 1740. The third kappa shape index (κ3) is 3.09. The Morgan fingerprint density at radius 1 is 0.800 bits per heavy atom. The van der Waals surface area contributed by atoms with Gasteiger partial charge in [-0.1, -0.05) is 97.1 Å². The number of Topliss-reactive ketones (excluding diaryl/α,β-unsaturated/α-hetero) is 3. The molecule has 4 aromatic carbocycles. The number of hydrogen-bond acceptors (Lipinski definition) is 6. The van der Waals surface area contributed by atoms with E-state index < -0.39 is 28.3 Å². The molecule has 194 valence electrons. The van der Waals surface area contributed by atoms with Gasteiger partial charge in [0.1, 0.15) is 11.5 Å². The van der Waals surface area contributed by atoms with E-state index in [9.17, 15) is 24.5 Å². The van der Waals surface area contributed by atoms with Crippen molar-refractivity contribution in [3.05, 3.63) is 147 Å². The first-order valence-corrected chi connectivity index (χ1v) is 13.0. The highest BCUT2D eigenvalue weighted by Crippen LogP contribution is 2.61. The average Bonchev–Trinajstić information content (AvgIpc) is 3.43. The highest BCUT2D eigenvalue weighted by atomic mass is 16.6. The summed E-state index contributed by atoms with van der Waals surface area (Å²) in [7, 11) is 0. The molecule has 40 heavy (non-hydrogen) atoms. The number of hydrogen-bond donors (Lipinski definition) is 0. The van der Waals surface area contributed by atoms with E-state index in [2.05, 4.69) is 0 Å². The molecular formula is C33H22N2O5. The lowest BCUT2D eigenvalue weighted by Crippen LogP contribution is -2.48. The van der Waals surface area contributed by atoms with Crippen LogP contribution in [0.5, 0.6) is 0 Å². The smallest absolute Gasteiger partial charge is 0.269 e. The maximum atomic E-state index is 14.6. The van der Waals surface area contributed by atoms with Crippen molar-refractivity contribution in [3.8, 4) is 0 Å². The highest BCUT2D eigenvalue weighted by molar-refractivity contribution is 6.32. The number of non-ortho nitro benzene ring substituents is 1. The summed E-state index contributed by atoms with van der Waals surface area (Å²) < 4.78 is 0. The first kappa shape index (κ1) is 23.9. The van der Waals surface area contributed by atoms with Crippen molar-refractivity contribution in [3.63, 3.8) is 0 Å². The van der Waals surface area contributed by atoms with Crippen molar-refractivity contribution >= 4 is 34.8 Å². The quantitative estimate of drug-likeness (QED) is 0.142. The van der Waals surface area contributed by atoms with E-state index in [1.807, 2.05) is 47.4 Å². The van der Waals surface area contributed by atoms with E-state index in [0.717, 1.165) is 11.3 Å². The molecule has 4 aromatic rings. The molecule has 7 heteroatoms. The van der Waals surface area contributed by atoms with Crippen LogP contribution >= 0.6 is 0 Å². The molecule has 0 unspecified atom stereocenters. The molecule has 0 aromatic heterocycles. The molecule has 1 spiro atoms. The molecule has 1 saturated heterocycles.